The third kappa shape index (κ3) is 4.50. The van der Waals surface area contributed by atoms with Gasteiger partial charge in [-0.15, -0.1) is 0 Å². The molecular weight excluding hydrogens is 431 g/mol. The van der Waals surface area contributed by atoms with E-state index in [2.05, 4.69) is 20.8 Å². The predicted octanol–water partition coefficient (Wildman–Crippen LogP) is 6.24. The standard InChI is InChI=1S/C28H33FN2O3/c1-4-5-24(20-6-8-22(9-7-20)27(33)34)31-26(32)25(21-10-12-23(29)13-11-21)30-28(31)16-14-19(15-17-28)18(2)3/h6-13,18-19,24H,4-5,14-17H2,1-3H3,(H,33,34). The largest absolute Gasteiger partial charge is 0.478 e. The van der Waals surface area contributed by atoms with Crippen LogP contribution in [0.5, 0.6) is 0 Å². The molecule has 1 unspecified atom stereocenters. The Bertz CT molecular complexity index is 1070. The van der Waals surface area contributed by atoms with E-state index >= 15 is 0 Å². The number of carboxylic acid groups (broad SMARTS) is 1. The quantitative estimate of drug-likeness (QED) is 0.527. The second-order valence-corrected chi connectivity index (χ2v) is 9.94. The summed E-state index contributed by atoms with van der Waals surface area (Å²) in [6, 6.07) is 12.6. The van der Waals surface area contributed by atoms with Gasteiger partial charge in [-0.1, -0.05) is 39.3 Å². The van der Waals surface area contributed by atoms with Crippen LogP contribution < -0.4 is 0 Å². The van der Waals surface area contributed by atoms with E-state index in [0.717, 1.165) is 44.1 Å². The highest BCUT2D eigenvalue weighted by molar-refractivity contribution is 6.46. The van der Waals surface area contributed by atoms with Crippen LogP contribution in [-0.4, -0.2) is 33.3 Å². The number of nitrogens with zero attached hydrogens (tertiary/aromatic N) is 2. The normalized spacial score (nSPS) is 23.4. The Hall–Kier alpha value is -3.02. The molecule has 0 aromatic heterocycles. The second-order valence-electron chi connectivity index (χ2n) is 9.94. The smallest absolute Gasteiger partial charge is 0.335 e. The van der Waals surface area contributed by atoms with Crippen molar-refractivity contribution in [3.05, 3.63) is 71.0 Å². The van der Waals surface area contributed by atoms with Crippen molar-refractivity contribution in [3.63, 3.8) is 0 Å². The molecule has 1 fully saturated rings. The van der Waals surface area contributed by atoms with Crippen LogP contribution in [0.1, 0.15) is 86.8 Å². The lowest BCUT2D eigenvalue weighted by atomic mass is 9.76. The van der Waals surface area contributed by atoms with Gasteiger partial charge in [0.2, 0.25) is 0 Å². The number of benzene rings is 2. The molecule has 2 aliphatic rings. The summed E-state index contributed by atoms with van der Waals surface area (Å²) in [7, 11) is 0. The fraction of sp³-hybridized carbons (Fsp3) is 0.464. The van der Waals surface area contributed by atoms with E-state index in [4.69, 9.17) is 4.99 Å². The van der Waals surface area contributed by atoms with Crippen molar-refractivity contribution >= 4 is 17.6 Å². The van der Waals surface area contributed by atoms with Crippen LogP contribution in [0.4, 0.5) is 4.39 Å². The fourth-order valence-electron chi connectivity index (χ4n) is 5.53. The summed E-state index contributed by atoms with van der Waals surface area (Å²) in [6.45, 7) is 6.58. The second kappa shape index (κ2) is 9.69. The van der Waals surface area contributed by atoms with E-state index in [9.17, 15) is 19.1 Å². The maximum Gasteiger partial charge on any atom is 0.335 e. The van der Waals surface area contributed by atoms with Gasteiger partial charge < -0.3 is 10.0 Å². The zero-order valence-electron chi connectivity index (χ0n) is 20.1. The van der Waals surface area contributed by atoms with E-state index in [1.165, 1.54) is 12.1 Å². The van der Waals surface area contributed by atoms with Crippen LogP contribution in [0.25, 0.3) is 0 Å². The minimum absolute atomic E-state index is 0.129. The van der Waals surface area contributed by atoms with Gasteiger partial charge in [-0.05, 0) is 85.9 Å². The lowest BCUT2D eigenvalue weighted by Crippen LogP contribution is -2.51. The molecule has 5 nitrogen and oxygen atoms in total. The Balaban J connectivity index is 1.76. The lowest BCUT2D eigenvalue weighted by molar-refractivity contribution is -0.133. The number of carboxylic acids is 1. The fourth-order valence-corrected chi connectivity index (χ4v) is 5.53. The zero-order chi connectivity index (χ0) is 24.5. The molecule has 1 saturated carbocycles. The molecule has 1 aliphatic carbocycles. The molecule has 2 aromatic carbocycles. The molecule has 6 heteroatoms. The summed E-state index contributed by atoms with van der Waals surface area (Å²) >= 11 is 0. The van der Waals surface area contributed by atoms with Crippen LogP contribution in [0.2, 0.25) is 0 Å². The number of aliphatic imine (C=N–C) groups is 1. The maximum atomic E-state index is 14.0. The van der Waals surface area contributed by atoms with Crippen LogP contribution >= 0.6 is 0 Å². The molecule has 180 valence electrons. The van der Waals surface area contributed by atoms with Gasteiger partial charge in [0.25, 0.3) is 5.91 Å². The molecule has 0 bridgehead atoms. The van der Waals surface area contributed by atoms with Crippen molar-refractivity contribution in [2.75, 3.05) is 0 Å². The molecule has 4 rings (SSSR count). The van der Waals surface area contributed by atoms with E-state index in [1.54, 1.807) is 24.3 Å². The number of rotatable bonds is 7. The average Bonchev–Trinajstić information content (AvgIpc) is 3.09. The summed E-state index contributed by atoms with van der Waals surface area (Å²) in [6.07, 6.45) is 5.20. The first-order valence-electron chi connectivity index (χ1n) is 12.3. The summed E-state index contributed by atoms with van der Waals surface area (Å²) in [4.78, 5) is 32.4. The van der Waals surface area contributed by atoms with Crippen molar-refractivity contribution < 1.29 is 19.1 Å². The third-order valence-electron chi connectivity index (χ3n) is 7.50. The molecule has 1 amide bonds. The summed E-state index contributed by atoms with van der Waals surface area (Å²) in [5.41, 5.74) is 1.54. The first-order chi connectivity index (χ1) is 16.3. The van der Waals surface area contributed by atoms with Gasteiger partial charge in [0, 0.05) is 5.56 Å². The van der Waals surface area contributed by atoms with E-state index in [-0.39, 0.29) is 23.3 Å². The highest BCUT2D eigenvalue weighted by atomic mass is 19.1. The molecule has 0 saturated heterocycles. The molecule has 1 atom stereocenters. The summed E-state index contributed by atoms with van der Waals surface area (Å²) in [5.74, 6) is -0.261. The SMILES string of the molecule is CCCC(c1ccc(C(=O)O)cc1)N1C(=O)C(c2ccc(F)cc2)=NC12CCC(C(C)C)CC2. The Labute approximate surface area is 200 Å². The molecule has 1 N–H and O–H groups in total. The minimum Gasteiger partial charge on any atom is -0.478 e. The molecule has 2 aromatic rings. The Morgan fingerprint density at radius 3 is 2.26 bits per heavy atom. The Morgan fingerprint density at radius 1 is 1.12 bits per heavy atom. The van der Waals surface area contributed by atoms with Crippen molar-refractivity contribution in [3.8, 4) is 0 Å². The molecule has 34 heavy (non-hydrogen) atoms. The van der Waals surface area contributed by atoms with Crippen LogP contribution in [0, 0.1) is 17.7 Å². The van der Waals surface area contributed by atoms with E-state index in [0.29, 0.717) is 23.1 Å². The van der Waals surface area contributed by atoms with Gasteiger partial charge in [-0.25, -0.2) is 9.18 Å². The topological polar surface area (TPSA) is 70.0 Å². The monoisotopic (exact) mass is 464 g/mol. The van der Waals surface area contributed by atoms with E-state index < -0.39 is 11.6 Å². The number of aromatic carboxylic acids is 1. The number of halogens is 1. The summed E-state index contributed by atoms with van der Waals surface area (Å²) < 4.78 is 13.6. The molecule has 1 heterocycles. The van der Waals surface area contributed by atoms with Gasteiger partial charge in [0.1, 0.15) is 17.2 Å². The number of carbonyl (C=O) groups excluding carboxylic acids is 1. The Morgan fingerprint density at radius 2 is 1.74 bits per heavy atom. The minimum atomic E-state index is -0.971. The number of hydrogen-bond donors (Lipinski definition) is 1. The molecular formula is C28H33FN2O3. The molecule has 1 spiro atoms. The first kappa shape index (κ1) is 24.1. The van der Waals surface area contributed by atoms with E-state index in [1.807, 2.05) is 17.0 Å². The van der Waals surface area contributed by atoms with Gasteiger partial charge in [0.05, 0.1) is 11.6 Å². The van der Waals surface area contributed by atoms with Crippen LogP contribution in [0.15, 0.2) is 53.5 Å². The van der Waals surface area contributed by atoms with Crippen molar-refractivity contribution in [2.45, 2.75) is 71.0 Å². The zero-order valence-corrected chi connectivity index (χ0v) is 20.1. The van der Waals surface area contributed by atoms with Gasteiger partial charge in [-0.2, -0.15) is 0 Å². The average molecular weight is 465 g/mol. The lowest BCUT2D eigenvalue weighted by Gasteiger charge is -2.46. The highest BCUT2D eigenvalue weighted by Crippen LogP contribution is 2.47. The number of amides is 1. The first-order valence-corrected chi connectivity index (χ1v) is 12.3. The molecule has 0 radical (unpaired) electrons. The Kier molecular flexibility index (Phi) is 6.87. The van der Waals surface area contributed by atoms with Crippen LogP contribution in [0.3, 0.4) is 0 Å². The van der Waals surface area contributed by atoms with Gasteiger partial charge >= 0.3 is 5.97 Å². The van der Waals surface area contributed by atoms with Crippen molar-refractivity contribution in [1.29, 1.82) is 0 Å². The van der Waals surface area contributed by atoms with Gasteiger partial charge in [0.15, 0.2) is 0 Å². The van der Waals surface area contributed by atoms with Crippen molar-refractivity contribution in [2.24, 2.45) is 16.8 Å². The predicted molar refractivity (Wildman–Crippen MR) is 130 cm³/mol. The maximum absolute atomic E-state index is 14.0. The van der Waals surface area contributed by atoms with Gasteiger partial charge in [-0.3, -0.25) is 9.79 Å². The number of hydrogen-bond acceptors (Lipinski definition) is 3. The van der Waals surface area contributed by atoms with Crippen LogP contribution in [-0.2, 0) is 4.79 Å². The highest BCUT2D eigenvalue weighted by Gasteiger charge is 2.51. The summed E-state index contributed by atoms with van der Waals surface area (Å²) in [5, 5.41) is 9.31. The third-order valence-corrected chi connectivity index (χ3v) is 7.50. The molecule has 1 aliphatic heterocycles. The number of carbonyl (C=O) groups is 2. The van der Waals surface area contributed by atoms with Crippen molar-refractivity contribution in [1.82, 2.24) is 4.90 Å².